The Morgan fingerprint density at radius 1 is 1.45 bits per heavy atom. The number of aliphatic hydroxyl groups excluding tert-OH is 1. The highest BCUT2D eigenvalue weighted by molar-refractivity contribution is 9.10. The monoisotopic (exact) mass is 340 g/mol. The van der Waals surface area contributed by atoms with Crippen LogP contribution >= 0.6 is 15.9 Å². The highest BCUT2D eigenvalue weighted by Gasteiger charge is 2.32. The molecule has 0 saturated carbocycles. The predicted molar refractivity (Wildman–Crippen MR) is 82.4 cm³/mol. The molecule has 0 radical (unpaired) electrons. The number of hydrogen-bond acceptors (Lipinski definition) is 3. The van der Waals surface area contributed by atoms with Gasteiger partial charge in [-0.3, -0.25) is 9.69 Å². The van der Waals surface area contributed by atoms with Crippen molar-refractivity contribution in [3.8, 4) is 0 Å². The molecule has 1 aliphatic rings. The van der Waals surface area contributed by atoms with Crippen molar-refractivity contribution in [2.45, 2.75) is 25.0 Å². The van der Waals surface area contributed by atoms with Gasteiger partial charge in [0.15, 0.2) is 0 Å². The molecule has 2 atom stereocenters. The molecule has 1 aliphatic heterocycles. The van der Waals surface area contributed by atoms with E-state index >= 15 is 0 Å². The lowest BCUT2D eigenvalue weighted by Crippen LogP contribution is -2.44. The molecule has 4 nitrogen and oxygen atoms in total. The van der Waals surface area contributed by atoms with Crippen molar-refractivity contribution in [2.75, 3.05) is 27.2 Å². The summed E-state index contributed by atoms with van der Waals surface area (Å²) in [6, 6.07) is 7.58. The first-order valence-corrected chi connectivity index (χ1v) is 7.67. The van der Waals surface area contributed by atoms with Crippen LogP contribution < -0.4 is 0 Å². The molecule has 0 aromatic heterocycles. The fraction of sp³-hybridized carbons (Fsp3) is 0.533. The minimum absolute atomic E-state index is 0.0879. The van der Waals surface area contributed by atoms with E-state index in [1.165, 1.54) is 0 Å². The fourth-order valence-corrected chi connectivity index (χ4v) is 2.90. The van der Waals surface area contributed by atoms with Crippen LogP contribution in [0.25, 0.3) is 0 Å². The molecular weight excluding hydrogens is 320 g/mol. The molecule has 2 rings (SSSR count). The van der Waals surface area contributed by atoms with Gasteiger partial charge in [-0.25, -0.2) is 0 Å². The minimum atomic E-state index is -0.557. The number of aliphatic hydroxyl groups is 1. The molecule has 1 N–H and O–H groups in total. The number of rotatable bonds is 4. The summed E-state index contributed by atoms with van der Waals surface area (Å²) in [5.74, 6) is 0.130. The van der Waals surface area contributed by atoms with Gasteiger partial charge in [0.25, 0.3) is 0 Å². The second-order valence-corrected chi connectivity index (χ2v) is 6.37. The molecule has 1 amide bonds. The molecule has 1 heterocycles. The van der Waals surface area contributed by atoms with E-state index < -0.39 is 6.10 Å². The van der Waals surface area contributed by atoms with Gasteiger partial charge in [0.05, 0.1) is 12.1 Å². The lowest BCUT2D eigenvalue weighted by Gasteiger charge is -2.28. The first kappa shape index (κ1) is 15.5. The lowest BCUT2D eigenvalue weighted by molar-refractivity contribution is -0.133. The standard InChI is InChI=1S/C15H21BrN2O2/c1-17(2)15(20)13-4-3-9-18(13)10-14(19)11-5-7-12(16)8-6-11/h5-8,13-14,19H,3-4,9-10H2,1-2H3. The zero-order valence-corrected chi connectivity index (χ0v) is 13.5. The van der Waals surface area contributed by atoms with E-state index in [1.807, 2.05) is 24.3 Å². The summed E-state index contributed by atoms with van der Waals surface area (Å²) in [4.78, 5) is 15.8. The smallest absolute Gasteiger partial charge is 0.239 e. The molecule has 0 aliphatic carbocycles. The van der Waals surface area contributed by atoms with Gasteiger partial charge in [-0.15, -0.1) is 0 Å². The van der Waals surface area contributed by atoms with Crippen LogP contribution in [-0.2, 0) is 4.79 Å². The van der Waals surface area contributed by atoms with Crippen molar-refractivity contribution < 1.29 is 9.90 Å². The third-order valence-corrected chi connectivity index (χ3v) is 4.28. The molecule has 1 aromatic carbocycles. The quantitative estimate of drug-likeness (QED) is 0.912. The molecule has 1 aromatic rings. The number of benzene rings is 1. The van der Waals surface area contributed by atoms with Crippen LogP contribution in [-0.4, -0.2) is 54.0 Å². The Kier molecular flexibility index (Phi) is 5.18. The zero-order chi connectivity index (χ0) is 14.7. The molecule has 1 fully saturated rings. The molecule has 5 heteroatoms. The lowest BCUT2D eigenvalue weighted by atomic mass is 10.1. The van der Waals surface area contributed by atoms with Crippen molar-refractivity contribution in [1.29, 1.82) is 0 Å². The van der Waals surface area contributed by atoms with Gasteiger partial charge in [0.1, 0.15) is 0 Å². The summed E-state index contributed by atoms with van der Waals surface area (Å²) in [5, 5.41) is 10.3. The first-order valence-electron chi connectivity index (χ1n) is 6.88. The van der Waals surface area contributed by atoms with Crippen molar-refractivity contribution in [1.82, 2.24) is 9.80 Å². The van der Waals surface area contributed by atoms with Crippen LogP contribution in [0.15, 0.2) is 28.7 Å². The van der Waals surface area contributed by atoms with Crippen LogP contribution in [0.2, 0.25) is 0 Å². The van der Waals surface area contributed by atoms with Crippen LogP contribution in [0.4, 0.5) is 0 Å². The van der Waals surface area contributed by atoms with Crippen LogP contribution in [0.3, 0.4) is 0 Å². The molecule has 2 unspecified atom stereocenters. The van der Waals surface area contributed by atoms with Crippen LogP contribution in [0, 0.1) is 0 Å². The van der Waals surface area contributed by atoms with E-state index in [0.717, 1.165) is 29.4 Å². The SMILES string of the molecule is CN(C)C(=O)C1CCCN1CC(O)c1ccc(Br)cc1. The predicted octanol–water partition coefficient (Wildman–Crippen LogP) is 2.04. The van der Waals surface area contributed by atoms with Crippen LogP contribution in [0.1, 0.15) is 24.5 Å². The summed E-state index contributed by atoms with van der Waals surface area (Å²) in [7, 11) is 3.56. The van der Waals surface area contributed by atoms with E-state index in [-0.39, 0.29) is 11.9 Å². The number of halogens is 1. The largest absolute Gasteiger partial charge is 0.387 e. The second kappa shape index (κ2) is 6.70. The average Bonchev–Trinajstić information content (AvgIpc) is 2.86. The Morgan fingerprint density at radius 2 is 2.10 bits per heavy atom. The molecule has 0 bridgehead atoms. The van der Waals surface area contributed by atoms with Crippen LogP contribution in [0.5, 0.6) is 0 Å². The van der Waals surface area contributed by atoms with E-state index in [2.05, 4.69) is 20.8 Å². The number of likely N-dealkylation sites (tertiary alicyclic amines) is 1. The number of carbonyl (C=O) groups excluding carboxylic acids is 1. The maximum atomic E-state index is 12.1. The summed E-state index contributed by atoms with van der Waals surface area (Å²) < 4.78 is 0.996. The summed E-state index contributed by atoms with van der Waals surface area (Å²) in [6.45, 7) is 1.38. The van der Waals surface area contributed by atoms with Gasteiger partial charge >= 0.3 is 0 Å². The Labute approximate surface area is 128 Å². The molecule has 0 spiro atoms. The van der Waals surface area contributed by atoms with Gasteiger partial charge in [0.2, 0.25) is 5.91 Å². The van der Waals surface area contributed by atoms with Gasteiger partial charge in [-0.05, 0) is 37.1 Å². The van der Waals surface area contributed by atoms with E-state index in [4.69, 9.17) is 0 Å². The van der Waals surface area contributed by atoms with Gasteiger partial charge < -0.3 is 10.0 Å². The molecule has 110 valence electrons. The maximum Gasteiger partial charge on any atom is 0.239 e. The first-order chi connectivity index (χ1) is 9.49. The zero-order valence-electron chi connectivity index (χ0n) is 11.9. The summed E-state index contributed by atoms with van der Waals surface area (Å²) in [6.07, 6.45) is 1.33. The minimum Gasteiger partial charge on any atom is -0.387 e. The van der Waals surface area contributed by atoms with E-state index in [1.54, 1.807) is 19.0 Å². The molecular formula is C15H21BrN2O2. The maximum absolute atomic E-state index is 12.1. The third-order valence-electron chi connectivity index (χ3n) is 3.75. The van der Waals surface area contributed by atoms with Crippen molar-refractivity contribution in [3.05, 3.63) is 34.3 Å². The summed E-state index contributed by atoms with van der Waals surface area (Å²) >= 11 is 3.39. The van der Waals surface area contributed by atoms with Crippen molar-refractivity contribution in [2.24, 2.45) is 0 Å². The van der Waals surface area contributed by atoms with Crippen molar-refractivity contribution >= 4 is 21.8 Å². The number of β-amino-alcohol motifs (C(OH)–C–C–N with tert-alkyl or cyclic N) is 1. The molecule has 20 heavy (non-hydrogen) atoms. The Balaban J connectivity index is 2.01. The highest BCUT2D eigenvalue weighted by atomic mass is 79.9. The Hall–Kier alpha value is -0.910. The number of likely N-dealkylation sites (N-methyl/N-ethyl adjacent to an activating group) is 1. The second-order valence-electron chi connectivity index (χ2n) is 5.45. The Bertz CT molecular complexity index is 461. The van der Waals surface area contributed by atoms with E-state index in [0.29, 0.717) is 6.54 Å². The van der Waals surface area contributed by atoms with E-state index in [9.17, 15) is 9.90 Å². The number of hydrogen-bond donors (Lipinski definition) is 1. The van der Waals surface area contributed by atoms with Gasteiger partial charge in [0, 0.05) is 25.1 Å². The summed E-state index contributed by atoms with van der Waals surface area (Å²) in [5.41, 5.74) is 0.885. The Morgan fingerprint density at radius 3 is 2.70 bits per heavy atom. The van der Waals surface area contributed by atoms with Gasteiger partial charge in [-0.1, -0.05) is 28.1 Å². The average molecular weight is 341 g/mol. The third kappa shape index (κ3) is 3.59. The topological polar surface area (TPSA) is 43.8 Å². The molecule has 1 saturated heterocycles. The van der Waals surface area contributed by atoms with Gasteiger partial charge in [-0.2, -0.15) is 0 Å². The highest BCUT2D eigenvalue weighted by Crippen LogP contribution is 2.24. The fourth-order valence-electron chi connectivity index (χ4n) is 2.63. The number of amides is 1. The van der Waals surface area contributed by atoms with Crippen molar-refractivity contribution in [3.63, 3.8) is 0 Å². The normalized spacial score (nSPS) is 20.9. The number of nitrogens with zero attached hydrogens (tertiary/aromatic N) is 2. The number of carbonyl (C=O) groups is 1.